The van der Waals surface area contributed by atoms with Gasteiger partial charge in [0.1, 0.15) is 5.69 Å². The molecule has 2 aromatic rings. The summed E-state index contributed by atoms with van der Waals surface area (Å²) in [6.45, 7) is 4.08. The lowest BCUT2D eigenvalue weighted by atomic mass is 10.1. The largest absolute Gasteiger partial charge is 0.376 e. The van der Waals surface area contributed by atoms with E-state index >= 15 is 0 Å². The van der Waals surface area contributed by atoms with Crippen LogP contribution in [-0.2, 0) is 16.0 Å². The Hall–Kier alpha value is -1.83. The number of ether oxygens (including phenoxy) is 2. The van der Waals surface area contributed by atoms with E-state index in [0.29, 0.717) is 13.2 Å². The molecule has 1 unspecified atom stereocenters. The molecule has 4 rings (SSSR count). The van der Waals surface area contributed by atoms with Crippen molar-refractivity contribution in [2.24, 2.45) is 0 Å². The first kappa shape index (κ1) is 19.5. The summed E-state index contributed by atoms with van der Waals surface area (Å²) in [6.07, 6.45) is 7.61. The highest BCUT2D eigenvalue weighted by Gasteiger charge is 2.23. The van der Waals surface area contributed by atoms with Crippen LogP contribution >= 0.6 is 0 Å². The van der Waals surface area contributed by atoms with Gasteiger partial charge < -0.3 is 9.47 Å². The van der Waals surface area contributed by atoms with Crippen LogP contribution in [0.15, 0.2) is 30.5 Å². The first-order chi connectivity index (χ1) is 13.7. The van der Waals surface area contributed by atoms with Gasteiger partial charge in [-0.05, 0) is 50.3 Å². The lowest BCUT2D eigenvalue weighted by molar-refractivity contribution is -0.0754. The highest BCUT2D eigenvalue weighted by atomic mass is 19.1. The molecule has 2 fully saturated rings. The summed E-state index contributed by atoms with van der Waals surface area (Å²) in [6, 6.07) is 5.64. The second-order valence-electron chi connectivity index (χ2n) is 7.62. The molecule has 0 N–H and O–H groups in total. The third-order valence-electron chi connectivity index (χ3n) is 5.52. The van der Waals surface area contributed by atoms with Crippen molar-refractivity contribution in [2.45, 2.75) is 50.9 Å². The Bertz CT molecular complexity index is 749. The molecule has 2 aliphatic rings. The van der Waals surface area contributed by atoms with Crippen LogP contribution in [0.5, 0.6) is 0 Å². The second kappa shape index (κ2) is 9.11. The van der Waals surface area contributed by atoms with Crippen molar-refractivity contribution in [2.75, 3.05) is 26.3 Å². The molecule has 1 atom stereocenters. The van der Waals surface area contributed by atoms with Crippen molar-refractivity contribution >= 4 is 0 Å². The van der Waals surface area contributed by atoms with Gasteiger partial charge in [0.2, 0.25) is 0 Å². The first-order valence-electron chi connectivity index (χ1n) is 10.1. The average molecular weight is 391 g/mol. The normalized spacial score (nSPS) is 21.9. The van der Waals surface area contributed by atoms with Crippen LogP contribution in [0.1, 0.15) is 37.8 Å². The summed E-state index contributed by atoms with van der Waals surface area (Å²) < 4.78 is 40.9. The Morgan fingerprint density at radius 2 is 1.86 bits per heavy atom. The smallest absolute Gasteiger partial charge is 0.151 e. The number of rotatable bonds is 6. The summed E-state index contributed by atoms with van der Waals surface area (Å²) in [7, 11) is 0. The van der Waals surface area contributed by atoms with Crippen LogP contribution in [0.2, 0.25) is 0 Å². The molecule has 0 bridgehead atoms. The Morgan fingerprint density at radius 3 is 2.57 bits per heavy atom. The van der Waals surface area contributed by atoms with Crippen LogP contribution in [0.3, 0.4) is 0 Å². The quantitative estimate of drug-likeness (QED) is 0.753. The van der Waals surface area contributed by atoms with Crippen LogP contribution in [0.4, 0.5) is 8.78 Å². The molecule has 0 aliphatic carbocycles. The molecule has 5 nitrogen and oxygen atoms in total. The summed E-state index contributed by atoms with van der Waals surface area (Å²) in [5.74, 6) is -1.23. The Balaban J connectivity index is 1.26. The van der Waals surface area contributed by atoms with Crippen LogP contribution in [0, 0.1) is 11.6 Å². The first-order valence-corrected chi connectivity index (χ1v) is 10.1. The van der Waals surface area contributed by atoms with Crippen molar-refractivity contribution in [1.82, 2.24) is 14.7 Å². The Labute approximate surface area is 164 Å². The Kier molecular flexibility index (Phi) is 6.34. The van der Waals surface area contributed by atoms with Gasteiger partial charge in [-0.2, -0.15) is 5.10 Å². The zero-order valence-electron chi connectivity index (χ0n) is 16.0. The van der Waals surface area contributed by atoms with Crippen molar-refractivity contribution in [3.8, 4) is 5.69 Å². The maximum absolute atomic E-state index is 13.9. The van der Waals surface area contributed by atoms with Gasteiger partial charge in [0.05, 0.1) is 24.5 Å². The molecule has 2 saturated heterocycles. The fourth-order valence-electron chi connectivity index (χ4n) is 3.92. The molecule has 2 aliphatic heterocycles. The van der Waals surface area contributed by atoms with E-state index in [1.807, 2.05) is 6.07 Å². The number of hydrogen-bond acceptors (Lipinski definition) is 4. The highest BCUT2D eigenvalue weighted by molar-refractivity contribution is 5.34. The van der Waals surface area contributed by atoms with Crippen LogP contribution in [0.25, 0.3) is 5.69 Å². The summed E-state index contributed by atoms with van der Waals surface area (Å²) in [4.78, 5) is 2.31. The lowest BCUT2D eigenvalue weighted by Crippen LogP contribution is -2.38. The minimum atomic E-state index is -0.616. The fourth-order valence-corrected chi connectivity index (χ4v) is 3.92. The van der Waals surface area contributed by atoms with Crippen LogP contribution in [-0.4, -0.2) is 53.2 Å². The van der Waals surface area contributed by atoms with Gasteiger partial charge in [-0.25, -0.2) is 13.5 Å². The summed E-state index contributed by atoms with van der Waals surface area (Å²) in [5.41, 5.74) is 0.670. The standard InChI is InChI=1S/C21H27F2N3O2/c22-19-5-3-6-20(23)21(19)26-12-7-16(24-26)14-25-10-8-17(9-11-25)28-15-18-4-1-2-13-27-18/h3,5-7,12,17-18H,1-2,4,8-11,13-15H2. The number of hydrogen-bond donors (Lipinski definition) is 0. The van der Waals surface area contributed by atoms with Gasteiger partial charge in [0, 0.05) is 32.4 Å². The van der Waals surface area contributed by atoms with Gasteiger partial charge in [-0.15, -0.1) is 0 Å². The number of nitrogens with zero attached hydrogens (tertiary/aromatic N) is 3. The third-order valence-corrected chi connectivity index (χ3v) is 5.52. The number of para-hydroxylation sites is 1. The Morgan fingerprint density at radius 1 is 1.07 bits per heavy atom. The SMILES string of the molecule is Fc1cccc(F)c1-n1ccc(CN2CCC(OCC3CCCCO3)CC2)n1. The molecule has 1 aromatic heterocycles. The van der Waals surface area contributed by atoms with E-state index < -0.39 is 11.6 Å². The van der Waals surface area contributed by atoms with Crippen molar-refractivity contribution < 1.29 is 18.3 Å². The maximum Gasteiger partial charge on any atom is 0.151 e. The molecule has 0 spiro atoms. The van der Waals surface area contributed by atoms with Gasteiger partial charge in [0.25, 0.3) is 0 Å². The van der Waals surface area contributed by atoms with Crippen molar-refractivity contribution in [3.63, 3.8) is 0 Å². The molecular weight excluding hydrogens is 364 g/mol. The molecule has 1 aromatic carbocycles. The maximum atomic E-state index is 13.9. The van der Waals surface area contributed by atoms with Crippen molar-refractivity contribution in [3.05, 3.63) is 47.8 Å². The lowest BCUT2D eigenvalue weighted by Gasteiger charge is -2.32. The molecule has 7 heteroatoms. The molecular formula is C21H27F2N3O2. The van der Waals surface area contributed by atoms with E-state index in [-0.39, 0.29) is 17.9 Å². The average Bonchev–Trinajstić information content (AvgIpc) is 3.16. The minimum absolute atomic E-state index is 0.134. The fraction of sp³-hybridized carbons (Fsp3) is 0.571. The molecule has 3 heterocycles. The predicted octanol–water partition coefficient (Wildman–Crippen LogP) is 3.70. The van der Waals surface area contributed by atoms with Gasteiger partial charge in [-0.1, -0.05) is 6.07 Å². The van der Waals surface area contributed by atoms with Gasteiger partial charge in [0.15, 0.2) is 11.6 Å². The topological polar surface area (TPSA) is 39.5 Å². The number of likely N-dealkylation sites (tertiary alicyclic amines) is 1. The molecule has 0 amide bonds. The van der Waals surface area contributed by atoms with E-state index in [4.69, 9.17) is 9.47 Å². The van der Waals surface area contributed by atoms with Crippen LogP contribution < -0.4 is 0 Å². The van der Waals surface area contributed by atoms with Gasteiger partial charge in [-0.3, -0.25) is 4.90 Å². The predicted molar refractivity (Wildman–Crippen MR) is 101 cm³/mol. The number of halogens is 2. The van der Waals surface area contributed by atoms with E-state index in [1.165, 1.54) is 29.3 Å². The van der Waals surface area contributed by atoms with E-state index in [1.54, 1.807) is 6.20 Å². The number of aromatic nitrogens is 2. The monoisotopic (exact) mass is 391 g/mol. The van der Waals surface area contributed by atoms with Crippen molar-refractivity contribution in [1.29, 1.82) is 0 Å². The number of piperidine rings is 1. The minimum Gasteiger partial charge on any atom is -0.376 e. The summed E-state index contributed by atoms with van der Waals surface area (Å²) in [5, 5.41) is 4.36. The van der Waals surface area contributed by atoms with E-state index in [0.717, 1.165) is 51.1 Å². The van der Waals surface area contributed by atoms with Gasteiger partial charge >= 0.3 is 0 Å². The zero-order valence-corrected chi connectivity index (χ0v) is 16.0. The third kappa shape index (κ3) is 4.77. The molecule has 0 saturated carbocycles. The van der Waals surface area contributed by atoms with E-state index in [9.17, 15) is 8.78 Å². The zero-order chi connectivity index (χ0) is 19.3. The number of benzene rings is 1. The molecule has 152 valence electrons. The second-order valence-corrected chi connectivity index (χ2v) is 7.62. The molecule has 0 radical (unpaired) electrons. The molecule has 28 heavy (non-hydrogen) atoms. The summed E-state index contributed by atoms with van der Waals surface area (Å²) >= 11 is 0. The van der Waals surface area contributed by atoms with E-state index in [2.05, 4.69) is 10.00 Å². The highest BCUT2D eigenvalue weighted by Crippen LogP contribution is 2.20.